The van der Waals surface area contributed by atoms with Crippen LogP contribution in [-0.2, 0) is 74.3 Å². The lowest BCUT2D eigenvalue weighted by Gasteiger charge is -2.37. The van der Waals surface area contributed by atoms with Crippen LogP contribution in [-0.4, -0.2) is 130 Å². The van der Waals surface area contributed by atoms with Gasteiger partial charge in [0.05, 0.1) is 71.5 Å². The van der Waals surface area contributed by atoms with Gasteiger partial charge in [-0.3, -0.25) is 9.59 Å². The molecule has 4 fully saturated rings. The van der Waals surface area contributed by atoms with E-state index < -0.39 is 26.0 Å². The third-order valence-electron chi connectivity index (χ3n) is 15.9. The molecule has 0 radical (unpaired) electrons. The van der Waals surface area contributed by atoms with E-state index in [1.165, 1.54) is 11.1 Å². The van der Waals surface area contributed by atoms with Crippen LogP contribution in [0.15, 0.2) is 94.7 Å². The van der Waals surface area contributed by atoms with Gasteiger partial charge in [-0.05, 0) is 158 Å². The van der Waals surface area contributed by atoms with Crippen molar-refractivity contribution in [1.82, 2.24) is 19.7 Å². The summed E-state index contributed by atoms with van der Waals surface area (Å²) in [5.74, 6) is -1.06. The maximum Gasteiger partial charge on any atom is 0.306 e. The Bertz CT molecular complexity index is 3040. The number of amides is 1. The lowest BCUT2D eigenvalue weighted by Crippen LogP contribution is -2.50. The number of benzene rings is 4. The third-order valence-corrected chi connectivity index (χ3v) is 19.8. The predicted molar refractivity (Wildman–Crippen MR) is 310 cm³/mol. The standard InChI is InChI=1S/C30H37ClN2O5S.C25H28ClNO5S.C5H11NO/c1-20-19-38-16-14-33(20)30(34)23-7-9-25(10-8-23)32-39(35,36)26-11-12-27-24(17-26)18-28(29(27)31)22-5-3-21(4-6-22)13-15-37-2;1-32-13-12-16-2-4-17(5-3-16)23-15-19-14-21(10-11-22(19)24(23)26)33(30,31)27-20-8-6-18(7-9-20)25(28)29;1-5-4-7-3-2-6-5/h3-6,11-12,17,20,23,25,32H,7-10,13-16,18-19H2,1-2H3;2-5,10-11,14,18,20,27H,6-9,12-13,15H2,1H3,(H,28,29);5-6H,2-4H2,1H3/t20-,23?,25?;;5-/m0.0/s1. The molecule has 428 valence electrons. The second-order valence-electron chi connectivity index (χ2n) is 21.5. The number of allylic oxidation sites excluding steroid dienone is 2. The summed E-state index contributed by atoms with van der Waals surface area (Å²) in [6, 6.07) is 27.0. The molecule has 0 unspecified atom stereocenters. The minimum Gasteiger partial charge on any atom is -0.481 e. The van der Waals surface area contributed by atoms with E-state index >= 15 is 0 Å². The maximum atomic E-state index is 13.3. The molecule has 0 bridgehead atoms. The Kier molecular flexibility index (Phi) is 21.5. The lowest BCUT2D eigenvalue weighted by atomic mass is 9.85. The van der Waals surface area contributed by atoms with E-state index in [-0.39, 0.29) is 45.7 Å². The molecule has 10 rings (SSSR count). The minimum atomic E-state index is -3.70. The van der Waals surface area contributed by atoms with Gasteiger partial charge < -0.3 is 34.3 Å². The largest absolute Gasteiger partial charge is 0.481 e. The Hall–Kier alpha value is -4.50. The molecule has 2 heterocycles. The molecule has 4 aromatic carbocycles. The number of carboxylic acids is 1. The highest BCUT2D eigenvalue weighted by Gasteiger charge is 2.35. The number of rotatable bonds is 16. The Morgan fingerprint density at radius 3 is 1.49 bits per heavy atom. The van der Waals surface area contributed by atoms with Crippen molar-refractivity contribution in [1.29, 1.82) is 0 Å². The maximum absolute atomic E-state index is 13.3. The first-order valence-electron chi connectivity index (χ1n) is 27.6. The number of morpholine rings is 2. The van der Waals surface area contributed by atoms with E-state index in [4.69, 9.17) is 47.3 Å². The summed E-state index contributed by atoms with van der Waals surface area (Å²) >= 11 is 13.4. The van der Waals surface area contributed by atoms with Gasteiger partial charge in [0.25, 0.3) is 0 Å². The highest BCUT2D eigenvalue weighted by molar-refractivity contribution is 7.89. The van der Waals surface area contributed by atoms with Crippen molar-refractivity contribution in [3.63, 3.8) is 0 Å². The summed E-state index contributed by atoms with van der Waals surface area (Å²) in [4.78, 5) is 26.5. The van der Waals surface area contributed by atoms with Crippen LogP contribution in [0, 0.1) is 11.8 Å². The van der Waals surface area contributed by atoms with Crippen molar-refractivity contribution < 1.29 is 50.5 Å². The van der Waals surface area contributed by atoms with E-state index in [0.717, 1.165) is 77.1 Å². The third kappa shape index (κ3) is 15.7. The first-order valence-corrected chi connectivity index (χ1v) is 31.3. The molecule has 4 aliphatic carbocycles. The van der Waals surface area contributed by atoms with Gasteiger partial charge in [0.2, 0.25) is 26.0 Å². The van der Waals surface area contributed by atoms with E-state index in [0.29, 0.717) is 113 Å². The molecule has 0 spiro atoms. The van der Waals surface area contributed by atoms with Crippen LogP contribution in [0.1, 0.15) is 110 Å². The molecular formula is C60H76Cl2N4O11S2. The zero-order valence-electron chi connectivity index (χ0n) is 45.7. The molecule has 2 saturated heterocycles. The second-order valence-corrected chi connectivity index (χ2v) is 25.7. The number of hydrogen-bond donors (Lipinski definition) is 4. The Balaban J connectivity index is 0.000000187. The fourth-order valence-electron chi connectivity index (χ4n) is 11.2. The average molecular weight is 1160 g/mol. The number of aliphatic carboxylic acids is 1. The van der Waals surface area contributed by atoms with Crippen molar-refractivity contribution in [2.75, 3.05) is 67.0 Å². The monoisotopic (exact) mass is 1160 g/mol. The van der Waals surface area contributed by atoms with Crippen molar-refractivity contribution in [3.8, 4) is 0 Å². The number of sulfonamides is 2. The van der Waals surface area contributed by atoms with Gasteiger partial charge in [0.15, 0.2) is 0 Å². The van der Waals surface area contributed by atoms with Crippen LogP contribution in [0.3, 0.4) is 0 Å². The number of carbonyl (C=O) groups is 2. The first-order chi connectivity index (χ1) is 37.9. The summed E-state index contributed by atoms with van der Waals surface area (Å²) in [6.45, 7) is 10.0. The zero-order chi connectivity index (χ0) is 56.3. The van der Waals surface area contributed by atoms with Crippen LogP contribution in [0.25, 0.3) is 21.2 Å². The molecule has 1 amide bonds. The normalized spacial score (nSPS) is 23.2. The number of carbonyl (C=O) groups excluding carboxylic acids is 1. The molecule has 2 atom stereocenters. The molecule has 0 aromatic heterocycles. The van der Waals surface area contributed by atoms with Crippen LogP contribution in [0.5, 0.6) is 0 Å². The molecule has 4 aromatic rings. The number of carboxylic acid groups (broad SMARTS) is 1. The summed E-state index contributed by atoms with van der Waals surface area (Å²) in [6.07, 6.45) is 7.55. The van der Waals surface area contributed by atoms with Gasteiger partial charge in [-0.2, -0.15) is 0 Å². The minimum absolute atomic E-state index is 0.0491. The first kappa shape index (κ1) is 60.6. The van der Waals surface area contributed by atoms with Gasteiger partial charge in [0, 0.05) is 64.2 Å². The smallest absolute Gasteiger partial charge is 0.306 e. The van der Waals surface area contributed by atoms with Gasteiger partial charge in [0.1, 0.15) is 0 Å². The van der Waals surface area contributed by atoms with Gasteiger partial charge in [-0.15, -0.1) is 0 Å². The topological polar surface area (TPSA) is 199 Å². The molecule has 2 aliphatic heterocycles. The lowest BCUT2D eigenvalue weighted by molar-refractivity contribution is -0.145. The number of nitrogens with zero attached hydrogens (tertiary/aromatic N) is 1. The van der Waals surface area contributed by atoms with Crippen molar-refractivity contribution >= 4 is 76.3 Å². The molecule has 19 heteroatoms. The number of nitrogens with one attached hydrogen (secondary N) is 3. The molecule has 2 saturated carbocycles. The van der Waals surface area contributed by atoms with Gasteiger partial charge in [-0.25, -0.2) is 26.3 Å². The van der Waals surface area contributed by atoms with E-state index in [1.54, 1.807) is 44.6 Å². The molecule has 6 aliphatic rings. The highest BCUT2D eigenvalue weighted by atomic mass is 35.5. The number of halogens is 2. The summed E-state index contributed by atoms with van der Waals surface area (Å²) < 4.78 is 79.1. The zero-order valence-corrected chi connectivity index (χ0v) is 48.9. The summed E-state index contributed by atoms with van der Waals surface area (Å²) in [5, 5.41) is 13.7. The quantitative estimate of drug-likeness (QED) is 0.0832. The van der Waals surface area contributed by atoms with Crippen molar-refractivity contribution in [2.45, 2.75) is 125 Å². The number of fused-ring (bicyclic) bond motifs is 2. The summed E-state index contributed by atoms with van der Waals surface area (Å²) in [7, 11) is -4.03. The number of hydrogen-bond acceptors (Lipinski definition) is 11. The predicted octanol–water partition coefficient (Wildman–Crippen LogP) is 9.08. The van der Waals surface area contributed by atoms with Crippen LogP contribution >= 0.6 is 23.2 Å². The fourth-order valence-corrected chi connectivity index (χ4v) is 14.6. The Morgan fingerprint density at radius 2 is 1.10 bits per heavy atom. The van der Waals surface area contributed by atoms with E-state index in [1.807, 2.05) is 30.0 Å². The van der Waals surface area contributed by atoms with Gasteiger partial charge in [-0.1, -0.05) is 83.9 Å². The second kappa shape index (κ2) is 28.0. The average Bonchev–Trinajstić information content (AvgIpc) is 4.12. The molecular weight excluding hydrogens is 1090 g/mol. The SMILES string of the molecule is COCCc1ccc(C2=C(Cl)c3ccc(S(=O)(=O)NC4CCC(C(=O)N5CCOC[C@@H]5C)CC4)cc3C2)cc1.COCCc1ccc(C2=C(Cl)c3ccc(S(=O)(=O)NC4CCC(C(=O)O)CC4)cc3C2)cc1.C[C@H]1COCCN1. The van der Waals surface area contributed by atoms with Crippen molar-refractivity contribution in [2.24, 2.45) is 11.8 Å². The highest BCUT2D eigenvalue weighted by Crippen LogP contribution is 2.43. The van der Waals surface area contributed by atoms with Crippen LogP contribution in [0.4, 0.5) is 0 Å². The Labute approximate surface area is 476 Å². The fraction of sp³-hybridized carbons (Fsp3) is 0.500. The number of ether oxygens (including phenoxy) is 4. The number of methoxy groups -OCH3 is 2. The Morgan fingerprint density at radius 1 is 0.646 bits per heavy atom. The molecule has 4 N–H and O–H groups in total. The van der Waals surface area contributed by atoms with Gasteiger partial charge >= 0.3 is 5.97 Å². The van der Waals surface area contributed by atoms with E-state index in [2.05, 4.69) is 58.1 Å². The van der Waals surface area contributed by atoms with Crippen LogP contribution < -0.4 is 14.8 Å². The van der Waals surface area contributed by atoms with E-state index in [9.17, 15) is 26.4 Å². The summed E-state index contributed by atoms with van der Waals surface area (Å²) in [5.41, 5.74) is 9.97. The molecule has 15 nitrogen and oxygen atoms in total. The molecule has 79 heavy (non-hydrogen) atoms. The van der Waals surface area contributed by atoms with Crippen LogP contribution in [0.2, 0.25) is 0 Å². The van der Waals surface area contributed by atoms with Crippen molar-refractivity contribution in [3.05, 3.63) is 129 Å².